The second-order valence-electron chi connectivity index (χ2n) is 2.68. The van der Waals surface area contributed by atoms with Crippen molar-refractivity contribution in [2.45, 2.75) is 0 Å². The Morgan fingerprint density at radius 2 is 1.47 bits per heavy atom. The van der Waals surface area contributed by atoms with Gasteiger partial charge >= 0.3 is 0 Å². The highest BCUT2D eigenvalue weighted by Crippen LogP contribution is 2.35. The molecule has 0 saturated heterocycles. The average Bonchev–Trinajstić information content (AvgIpc) is 2.26. The molecule has 0 aliphatic rings. The summed E-state index contributed by atoms with van der Waals surface area (Å²) in [6, 6.07) is 3.03. The lowest BCUT2D eigenvalue weighted by Crippen LogP contribution is -1.99. The van der Waals surface area contributed by atoms with Crippen molar-refractivity contribution < 1.29 is 19.0 Å². The Bertz CT molecular complexity index is 376. The van der Waals surface area contributed by atoms with E-state index in [-0.39, 0.29) is 5.56 Å². The Balaban J connectivity index is 3.34. The number of halogens is 1. The lowest BCUT2D eigenvalue weighted by molar-refractivity contribution is 0.107. The van der Waals surface area contributed by atoms with Crippen molar-refractivity contribution in [1.29, 1.82) is 0 Å². The Labute approximate surface area is 92.7 Å². The van der Waals surface area contributed by atoms with Crippen LogP contribution in [-0.2, 0) is 0 Å². The lowest BCUT2D eigenvalue weighted by atomic mass is 10.2. The fourth-order valence-corrected chi connectivity index (χ4v) is 1.33. The predicted octanol–water partition coefficient (Wildman–Crippen LogP) is 2.09. The maximum atomic E-state index is 11.1. The molecule has 0 fully saturated rings. The van der Waals surface area contributed by atoms with Crippen LogP contribution in [-0.4, -0.2) is 26.6 Å². The topological polar surface area (TPSA) is 44.8 Å². The number of ether oxygens (including phenoxy) is 3. The third-order valence-electron chi connectivity index (χ3n) is 1.92. The summed E-state index contributed by atoms with van der Waals surface area (Å²) in [4.78, 5) is 11.1. The highest BCUT2D eigenvalue weighted by atomic mass is 35.5. The van der Waals surface area contributed by atoms with Crippen LogP contribution in [0.4, 0.5) is 0 Å². The molecule has 4 nitrogen and oxygen atoms in total. The molecule has 1 aromatic carbocycles. The molecule has 0 radical (unpaired) electrons. The van der Waals surface area contributed by atoms with E-state index in [2.05, 4.69) is 0 Å². The van der Waals surface area contributed by atoms with Crippen molar-refractivity contribution in [1.82, 2.24) is 0 Å². The first kappa shape index (κ1) is 11.7. The van der Waals surface area contributed by atoms with E-state index in [0.717, 1.165) is 0 Å². The minimum atomic E-state index is -0.604. The van der Waals surface area contributed by atoms with Crippen LogP contribution in [0.15, 0.2) is 12.1 Å². The number of carbonyl (C=O) groups excluding carboxylic acids is 1. The van der Waals surface area contributed by atoms with Gasteiger partial charge in [-0.2, -0.15) is 0 Å². The van der Waals surface area contributed by atoms with Gasteiger partial charge in [0.15, 0.2) is 11.5 Å². The molecule has 0 amide bonds. The molecule has 5 heteroatoms. The molecule has 82 valence electrons. The second-order valence-corrected chi connectivity index (χ2v) is 3.02. The van der Waals surface area contributed by atoms with E-state index >= 15 is 0 Å². The minimum absolute atomic E-state index is 0.247. The molecule has 1 aromatic rings. The summed E-state index contributed by atoms with van der Waals surface area (Å²) in [6.45, 7) is 0. The van der Waals surface area contributed by atoms with Gasteiger partial charge in [-0.3, -0.25) is 4.79 Å². The fourth-order valence-electron chi connectivity index (χ4n) is 1.18. The molecule has 0 spiro atoms. The zero-order valence-corrected chi connectivity index (χ0v) is 9.42. The number of carbonyl (C=O) groups is 1. The van der Waals surface area contributed by atoms with Crippen LogP contribution in [0.25, 0.3) is 0 Å². The Morgan fingerprint density at radius 3 is 1.87 bits per heavy atom. The van der Waals surface area contributed by atoms with Crippen molar-refractivity contribution >= 4 is 16.8 Å². The van der Waals surface area contributed by atoms with Crippen LogP contribution in [0.5, 0.6) is 17.2 Å². The number of benzene rings is 1. The quantitative estimate of drug-likeness (QED) is 0.743. The van der Waals surface area contributed by atoms with Gasteiger partial charge in [0.1, 0.15) is 5.75 Å². The zero-order valence-electron chi connectivity index (χ0n) is 8.67. The van der Waals surface area contributed by atoms with Gasteiger partial charge in [0.2, 0.25) is 0 Å². The molecule has 0 aliphatic heterocycles. The average molecular weight is 231 g/mol. The van der Waals surface area contributed by atoms with Crippen molar-refractivity contribution in [3.05, 3.63) is 17.7 Å². The molecular weight excluding hydrogens is 220 g/mol. The van der Waals surface area contributed by atoms with Gasteiger partial charge in [0.25, 0.3) is 5.24 Å². The monoisotopic (exact) mass is 230 g/mol. The normalized spacial score (nSPS) is 9.60. The van der Waals surface area contributed by atoms with Crippen molar-refractivity contribution in [3.63, 3.8) is 0 Å². The van der Waals surface area contributed by atoms with E-state index in [9.17, 15) is 4.79 Å². The van der Waals surface area contributed by atoms with Crippen molar-refractivity contribution in [2.24, 2.45) is 0 Å². The first-order valence-electron chi connectivity index (χ1n) is 4.13. The third-order valence-corrected chi connectivity index (χ3v) is 2.12. The first-order chi connectivity index (χ1) is 7.13. The van der Waals surface area contributed by atoms with Gasteiger partial charge in [-0.25, -0.2) is 0 Å². The Hall–Kier alpha value is -1.42. The highest BCUT2D eigenvalue weighted by Gasteiger charge is 2.15. The molecule has 0 heterocycles. The summed E-state index contributed by atoms with van der Waals surface area (Å²) in [5.41, 5.74) is 0.247. The third kappa shape index (κ3) is 2.33. The molecule has 0 bridgehead atoms. The van der Waals surface area contributed by atoms with E-state index in [4.69, 9.17) is 25.8 Å². The summed E-state index contributed by atoms with van der Waals surface area (Å²) >= 11 is 5.40. The molecule has 0 atom stereocenters. The molecular formula is C10H11ClO4. The fraction of sp³-hybridized carbons (Fsp3) is 0.300. The van der Waals surface area contributed by atoms with Gasteiger partial charge < -0.3 is 14.2 Å². The van der Waals surface area contributed by atoms with Crippen LogP contribution in [0.2, 0.25) is 0 Å². The van der Waals surface area contributed by atoms with Crippen LogP contribution in [0, 0.1) is 0 Å². The molecule has 1 rings (SSSR count). The summed E-state index contributed by atoms with van der Waals surface area (Å²) < 4.78 is 15.1. The molecule has 15 heavy (non-hydrogen) atoms. The van der Waals surface area contributed by atoms with Gasteiger partial charge in [-0.05, 0) is 17.7 Å². The zero-order chi connectivity index (χ0) is 11.4. The van der Waals surface area contributed by atoms with Gasteiger partial charge in [-0.15, -0.1) is 0 Å². The standard InChI is InChI=1S/C10H11ClO4/c1-13-7-5-9(15-3)8(14-2)4-6(7)10(11)12/h4-5H,1-3H3. The van der Waals surface area contributed by atoms with Gasteiger partial charge in [0.05, 0.1) is 26.9 Å². The minimum Gasteiger partial charge on any atom is -0.496 e. The lowest BCUT2D eigenvalue weighted by Gasteiger charge is -2.11. The summed E-state index contributed by atoms with van der Waals surface area (Å²) in [7, 11) is 4.43. The summed E-state index contributed by atoms with van der Waals surface area (Å²) in [6.07, 6.45) is 0. The number of hydrogen-bond donors (Lipinski definition) is 0. The van der Waals surface area contributed by atoms with Crippen LogP contribution >= 0.6 is 11.6 Å². The van der Waals surface area contributed by atoms with E-state index in [0.29, 0.717) is 17.2 Å². The SMILES string of the molecule is COc1cc(OC)c(C(=O)Cl)cc1OC. The van der Waals surface area contributed by atoms with Gasteiger partial charge in [0, 0.05) is 6.07 Å². The smallest absolute Gasteiger partial charge is 0.256 e. The Morgan fingerprint density at radius 1 is 1.00 bits per heavy atom. The van der Waals surface area contributed by atoms with E-state index in [1.54, 1.807) is 6.07 Å². The molecule has 0 aromatic heterocycles. The van der Waals surface area contributed by atoms with Crippen LogP contribution in [0.3, 0.4) is 0 Å². The van der Waals surface area contributed by atoms with E-state index in [1.807, 2.05) is 0 Å². The molecule has 0 saturated carbocycles. The van der Waals surface area contributed by atoms with Gasteiger partial charge in [-0.1, -0.05) is 0 Å². The second kappa shape index (κ2) is 4.89. The predicted molar refractivity (Wildman–Crippen MR) is 56.3 cm³/mol. The molecule has 0 unspecified atom stereocenters. The number of methoxy groups -OCH3 is 3. The number of rotatable bonds is 4. The maximum absolute atomic E-state index is 11.1. The summed E-state index contributed by atoms with van der Waals surface area (Å²) in [5, 5.41) is -0.604. The van der Waals surface area contributed by atoms with Crippen molar-refractivity contribution in [3.8, 4) is 17.2 Å². The maximum Gasteiger partial charge on any atom is 0.256 e. The molecule has 0 aliphatic carbocycles. The first-order valence-corrected chi connectivity index (χ1v) is 4.51. The van der Waals surface area contributed by atoms with Crippen molar-refractivity contribution in [2.75, 3.05) is 21.3 Å². The molecule has 0 N–H and O–H groups in total. The highest BCUT2D eigenvalue weighted by molar-refractivity contribution is 6.68. The summed E-state index contributed by atoms with van der Waals surface area (Å²) in [5.74, 6) is 1.27. The largest absolute Gasteiger partial charge is 0.496 e. The van der Waals surface area contributed by atoms with Crippen LogP contribution in [0.1, 0.15) is 10.4 Å². The van der Waals surface area contributed by atoms with E-state index < -0.39 is 5.24 Å². The van der Waals surface area contributed by atoms with E-state index in [1.165, 1.54) is 27.4 Å². The Kier molecular flexibility index (Phi) is 3.80. The van der Waals surface area contributed by atoms with Crippen LogP contribution < -0.4 is 14.2 Å². The number of hydrogen-bond acceptors (Lipinski definition) is 4.